The van der Waals surface area contributed by atoms with Crippen LogP contribution < -0.4 is 4.74 Å². The van der Waals surface area contributed by atoms with Gasteiger partial charge in [-0.05, 0) is 41.5 Å². The molecule has 4 rings (SSSR count). The van der Waals surface area contributed by atoms with E-state index in [1.165, 1.54) is 0 Å². The molecule has 0 aromatic heterocycles. The molecule has 1 aliphatic heterocycles. The van der Waals surface area contributed by atoms with Crippen molar-refractivity contribution in [1.82, 2.24) is 9.21 Å². The van der Waals surface area contributed by atoms with Crippen LogP contribution in [-0.2, 0) is 35.4 Å². The Labute approximate surface area is 207 Å². The van der Waals surface area contributed by atoms with Crippen molar-refractivity contribution in [1.29, 1.82) is 0 Å². The standard InChI is InChI=1S/C26H27ClN2O4S/c27-23-9-6-20(7-10-23)19-33-25-11-8-21(17-26(30)31)16-22(25)18-28-12-14-29(15-13-28)34(32)24-4-2-1-3-5-24/h1-11,16H,12-15,17-19H2,(H,30,31). The molecule has 1 atom stereocenters. The summed E-state index contributed by atoms with van der Waals surface area (Å²) in [6.07, 6.45) is -0.0334. The van der Waals surface area contributed by atoms with Gasteiger partial charge in [-0.15, -0.1) is 0 Å². The molecule has 1 N–H and O–H groups in total. The van der Waals surface area contributed by atoms with Crippen LogP contribution in [0.25, 0.3) is 0 Å². The average molecular weight is 499 g/mol. The Balaban J connectivity index is 1.42. The molecule has 3 aromatic rings. The predicted octanol–water partition coefficient (Wildman–Crippen LogP) is 4.39. The molecule has 1 heterocycles. The van der Waals surface area contributed by atoms with Gasteiger partial charge in [0.15, 0.2) is 0 Å². The Morgan fingerprint density at radius 2 is 1.62 bits per heavy atom. The third-order valence-corrected chi connectivity index (χ3v) is 7.45. The molecule has 0 amide bonds. The number of hydrogen-bond acceptors (Lipinski definition) is 4. The highest BCUT2D eigenvalue weighted by atomic mass is 35.5. The van der Waals surface area contributed by atoms with Gasteiger partial charge in [-0.25, -0.2) is 8.51 Å². The zero-order chi connectivity index (χ0) is 23.9. The monoisotopic (exact) mass is 498 g/mol. The number of carboxylic acids is 1. The minimum absolute atomic E-state index is 0.0334. The molecule has 0 saturated carbocycles. The smallest absolute Gasteiger partial charge is 0.307 e. The lowest BCUT2D eigenvalue weighted by atomic mass is 10.1. The van der Waals surface area contributed by atoms with Crippen LogP contribution in [-0.4, -0.2) is 50.7 Å². The van der Waals surface area contributed by atoms with E-state index in [1.807, 2.05) is 71.0 Å². The molecule has 6 nitrogen and oxygen atoms in total. The summed E-state index contributed by atoms with van der Waals surface area (Å²) >= 11 is 5.97. The predicted molar refractivity (Wildman–Crippen MR) is 133 cm³/mol. The third-order valence-electron chi connectivity index (χ3n) is 5.69. The molecule has 0 spiro atoms. The maximum atomic E-state index is 12.8. The number of piperazine rings is 1. The number of rotatable bonds is 9. The van der Waals surface area contributed by atoms with Crippen LogP contribution in [0, 0.1) is 0 Å². The largest absolute Gasteiger partial charge is 0.489 e. The second-order valence-corrected chi connectivity index (χ2v) is 10.1. The molecule has 178 valence electrons. The highest BCUT2D eigenvalue weighted by Gasteiger charge is 2.23. The van der Waals surface area contributed by atoms with E-state index in [2.05, 4.69) is 4.90 Å². The van der Waals surface area contributed by atoms with E-state index >= 15 is 0 Å². The van der Waals surface area contributed by atoms with Crippen LogP contribution in [0.15, 0.2) is 77.7 Å². The molecule has 1 saturated heterocycles. The summed E-state index contributed by atoms with van der Waals surface area (Å²) in [5, 5.41) is 9.89. The fourth-order valence-electron chi connectivity index (χ4n) is 3.90. The molecule has 8 heteroatoms. The summed E-state index contributed by atoms with van der Waals surface area (Å²) in [4.78, 5) is 14.3. The first-order valence-electron chi connectivity index (χ1n) is 11.1. The van der Waals surface area contributed by atoms with Crippen LogP contribution in [0.3, 0.4) is 0 Å². The number of aliphatic carboxylic acids is 1. The molecule has 0 bridgehead atoms. The minimum Gasteiger partial charge on any atom is -0.489 e. The molecule has 3 aromatic carbocycles. The van der Waals surface area contributed by atoms with E-state index in [4.69, 9.17) is 16.3 Å². The number of benzene rings is 3. The fraction of sp³-hybridized carbons (Fsp3) is 0.269. The zero-order valence-corrected chi connectivity index (χ0v) is 20.3. The van der Waals surface area contributed by atoms with Gasteiger partial charge < -0.3 is 9.84 Å². The van der Waals surface area contributed by atoms with Gasteiger partial charge in [0.25, 0.3) is 0 Å². The molecule has 0 radical (unpaired) electrons. The zero-order valence-electron chi connectivity index (χ0n) is 18.7. The van der Waals surface area contributed by atoms with E-state index in [-0.39, 0.29) is 6.42 Å². The van der Waals surface area contributed by atoms with E-state index < -0.39 is 17.0 Å². The van der Waals surface area contributed by atoms with Crippen molar-refractivity contribution in [2.24, 2.45) is 0 Å². The summed E-state index contributed by atoms with van der Waals surface area (Å²) in [5.41, 5.74) is 2.69. The van der Waals surface area contributed by atoms with Crippen molar-refractivity contribution in [3.8, 4) is 5.75 Å². The van der Waals surface area contributed by atoms with Crippen molar-refractivity contribution in [2.75, 3.05) is 26.2 Å². The average Bonchev–Trinajstić information content (AvgIpc) is 2.85. The van der Waals surface area contributed by atoms with Crippen molar-refractivity contribution in [2.45, 2.75) is 24.5 Å². The van der Waals surface area contributed by atoms with Crippen molar-refractivity contribution in [3.63, 3.8) is 0 Å². The van der Waals surface area contributed by atoms with E-state index in [0.717, 1.165) is 40.4 Å². The topological polar surface area (TPSA) is 70.1 Å². The van der Waals surface area contributed by atoms with Crippen LogP contribution in [0.1, 0.15) is 16.7 Å². The van der Waals surface area contributed by atoms with Crippen LogP contribution in [0.4, 0.5) is 0 Å². The normalized spacial score (nSPS) is 15.7. The molecule has 1 aliphatic rings. The quantitative estimate of drug-likeness (QED) is 0.474. The van der Waals surface area contributed by atoms with Gasteiger partial charge in [0.05, 0.1) is 11.3 Å². The van der Waals surface area contributed by atoms with Gasteiger partial charge >= 0.3 is 5.97 Å². The molecule has 0 aliphatic carbocycles. The summed E-state index contributed by atoms with van der Waals surface area (Å²) in [5.74, 6) is -0.128. The summed E-state index contributed by atoms with van der Waals surface area (Å²) in [7, 11) is -1.16. The number of hydrogen-bond donors (Lipinski definition) is 1. The second kappa shape index (κ2) is 11.6. The molecule has 1 unspecified atom stereocenters. The van der Waals surface area contributed by atoms with Crippen molar-refractivity contribution in [3.05, 3.63) is 94.5 Å². The first kappa shape index (κ1) is 24.4. The fourth-order valence-corrected chi connectivity index (χ4v) is 5.21. The van der Waals surface area contributed by atoms with Gasteiger partial charge in [0.2, 0.25) is 0 Å². The lowest BCUT2D eigenvalue weighted by molar-refractivity contribution is -0.136. The van der Waals surface area contributed by atoms with Crippen molar-refractivity contribution >= 4 is 28.6 Å². The third kappa shape index (κ3) is 6.67. The molecule has 34 heavy (non-hydrogen) atoms. The van der Waals surface area contributed by atoms with E-state index in [9.17, 15) is 14.1 Å². The number of nitrogens with zero attached hydrogens (tertiary/aromatic N) is 2. The number of carboxylic acid groups (broad SMARTS) is 1. The Bertz CT molecular complexity index is 1130. The Morgan fingerprint density at radius 1 is 0.941 bits per heavy atom. The van der Waals surface area contributed by atoms with Gasteiger partial charge in [-0.1, -0.05) is 54.1 Å². The maximum Gasteiger partial charge on any atom is 0.307 e. The van der Waals surface area contributed by atoms with Crippen LogP contribution in [0.2, 0.25) is 5.02 Å². The summed E-state index contributed by atoms with van der Waals surface area (Å²) in [6.45, 7) is 3.94. The highest BCUT2D eigenvalue weighted by Crippen LogP contribution is 2.25. The number of halogens is 1. The van der Waals surface area contributed by atoms with Gasteiger partial charge in [-0.3, -0.25) is 9.69 Å². The number of carbonyl (C=O) groups is 1. The van der Waals surface area contributed by atoms with Crippen LogP contribution >= 0.6 is 11.6 Å². The summed E-state index contributed by atoms with van der Waals surface area (Å²) < 4.78 is 20.9. The first-order valence-corrected chi connectivity index (χ1v) is 12.6. The number of ether oxygens (including phenoxy) is 1. The molecule has 1 fully saturated rings. The van der Waals surface area contributed by atoms with Gasteiger partial charge in [0.1, 0.15) is 23.3 Å². The highest BCUT2D eigenvalue weighted by molar-refractivity contribution is 7.82. The molecular formula is C26H27ClN2O4S. The van der Waals surface area contributed by atoms with Gasteiger partial charge in [0, 0.05) is 43.3 Å². The lowest BCUT2D eigenvalue weighted by Gasteiger charge is -2.34. The van der Waals surface area contributed by atoms with Gasteiger partial charge in [-0.2, -0.15) is 0 Å². The maximum absolute atomic E-state index is 12.8. The van der Waals surface area contributed by atoms with Crippen molar-refractivity contribution < 1.29 is 18.8 Å². The van der Waals surface area contributed by atoms with E-state index in [0.29, 0.717) is 31.3 Å². The van der Waals surface area contributed by atoms with Crippen LogP contribution in [0.5, 0.6) is 5.75 Å². The molecular weight excluding hydrogens is 472 g/mol. The Hall–Kier alpha value is -2.71. The van der Waals surface area contributed by atoms with E-state index in [1.54, 1.807) is 6.07 Å². The first-order chi connectivity index (χ1) is 16.5. The second-order valence-electron chi connectivity index (χ2n) is 8.20. The minimum atomic E-state index is -1.16. The SMILES string of the molecule is O=C(O)Cc1ccc(OCc2ccc(Cl)cc2)c(CN2CCN(S(=O)c3ccccc3)CC2)c1. The summed E-state index contributed by atoms with van der Waals surface area (Å²) in [6, 6.07) is 22.6. The Kier molecular flexibility index (Phi) is 8.34. The lowest BCUT2D eigenvalue weighted by Crippen LogP contribution is -2.46. The Morgan fingerprint density at radius 3 is 2.29 bits per heavy atom.